The lowest BCUT2D eigenvalue weighted by atomic mass is 9.89. The quantitative estimate of drug-likeness (QED) is 0.555. The molecule has 0 aromatic heterocycles. The van der Waals surface area contributed by atoms with Crippen LogP contribution in [0, 0.1) is 5.92 Å². The van der Waals surface area contributed by atoms with Crippen LogP contribution in [0.1, 0.15) is 20.8 Å². The highest BCUT2D eigenvalue weighted by Crippen LogP contribution is 2.27. The summed E-state index contributed by atoms with van der Waals surface area (Å²) in [6.07, 6.45) is 0. The minimum Gasteiger partial charge on any atom is -0.371 e. The van der Waals surface area contributed by atoms with E-state index in [0.717, 1.165) is 0 Å². The first-order valence-corrected chi connectivity index (χ1v) is 4.14. The number of amides is 2. The number of carbonyl (C=O) groups excluding carboxylic acids is 1. The number of carbonyl (C=O) groups is 1. The standard InChI is InChI=1S/C8H16N2O2/c1-5-6(2)9-7(11)10(4)8(5,3)12/h5-6,12H,1-4H3,(H,9,11). The van der Waals surface area contributed by atoms with Crippen molar-refractivity contribution in [3.63, 3.8) is 0 Å². The first kappa shape index (κ1) is 9.32. The Balaban J connectivity index is 2.89. The molecule has 0 aliphatic carbocycles. The summed E-state index contributed by atoms with van der Waals surface area (Å²) >= 11 is 0. The van der Waals surface area contributed by atoms with Gasteiger partial charge in [-0.05, 0) is 13.8 Å². The number of nitrogens with zero attached hydrogens (tertiary/aromatic N) is 1. The number of nitrogens with one attached hydrogen (secondary N) is 1. The van der Waals surface area contributed by atoms with Gasteiger partial charge in [-0.3, -0.25) is 4.90 Å². The van der Waals surface area contributed by atoms with Crippen LogP contribution in [0.2, 0.25) is 0 Å². The first-order valence-electron chi connectivity index (χ1n) is 4.14. The molecule has 4 heteroatoms. The van der Waals surface area contributed by atoms with E-state index in [-0.39, 0.29) is 18.0 Å². The zero-order chi connectivity index (χ0) is 9.52. The summed E-state index contributed by atoms with van der Waals surface area (Å²) in [5.74, 6) is 0.0280. The van der Waals surface area contributed by atoms with Crippen molar-refractivity contribution in [2.24, 2.45) is 5.92 Å². The van der Waals surface area contributed by atoms with Crippen molar-refractivity contribution < 1.29 is 9.90 Å². The number of hydrogen-bond acceptors (Lipinski definition) is 2. The molecule has 3 unspecified atom stereocenters. The molecule has 0 spiro atoms. The molecule has 1 saturated heterocycles. The predicted octanol–water partition coefficient (Wildman–Crippen LogP) is 0.374. The van der Waals surface area contributed by atoms with E-state index in [1.807, 2.05) is 13.8 Å². The topological polar surface area (TPSA) is 52.6 Å². The van der Waals surface area contributed by atoms with Crippen LogP contribution in [0.15, 0.2) is 0 Å². The van der Waals surface area contributed by atoms with Gasteiger partial charge in [-0.2, -0.15) is 0 Å². The molecule has 1 rings (SSSR count). The van der Waals surface area contributed by atoms with E-state index < -0.39 is 5.72 Å². The molecule has 1 fully saturated rings. The van der Waals surface area contributed by atoms with Gasteiger partial charge in [0.15, 0.2) is 0 Å². The third-order valence-electron chi connectivity index (χ3n) is 2.95. The fraction of sp³-hybridized carbons (Fsp3) is 0.875. The fourth-order valence-corrected chi connectivity index (χ4v) is 1.40. The zero-order valence-electron chi connectivity index (χ0n) is 7.96. The first-order chi connectivity index (χ1) is 5.37. The van der Waals surface area contributed by atoms with E-state index in [9.17, 15) is 9.90 Å². The highest BCUT2D eigenvalue weighted by Gasteiger charge is 2.43. The van der Waals surface area contributed by atoms with E-state index in [0.29, 0.717) is 0 Å². The Morgan fingerprint density at radius 2 is 2.08 bits per heavy atom. The van der Waals surface area contributed by atoms with Crippen LogP contribution in [0.5, 0.6) is 0 Å². The van der Waals surface area contributed by atoms with Crippen molar-refractivity contribution in [1.29, 1.82) is 0 Å². The number of hydrogen-bond donors (Lipinski definition) is 2. The monoisotopic (exact) mass is 172 g/mol. The third kappa shape index (κ3) is 1.16. The molecule has 0 saturated carbocycles. The molecule has 0 radical (unpaired) electrons. The SMILES string of the molecule is CC1NC(=O)N(C)C(C)(O)C1C. The smallest absolute Gasteiger partial charge is 0.319 e. The maximum absolute atomic E-state index is 11.2. The number of rotatable bonds is 0. The number of urea groups is 1. The molecule has 1 aliphatic heterocycles. The molecule has 0 aromatic carbocycles. The van der Waals surface area contributed by atoms with Gasteiger partial charge in [-0.25, -0.2) is 4.79 Å². The largest absolute Gasteiger partial charge is 0.371 e. The van der Waals surface area contributed by atoms with Crippen LogP contribution in [-0.2, 0) is 0 Å². The predicted molar refractivity (Wildman–Crippen MR) is 45.5 cm³/mol. The Hall–Kier alpha value is -0.770. The summed E-state index contributed by atoms with van der Waals surface area (Å²) in [6.45, 7) is 5.47. The Kier molecular flexibility index (Phi) is 2.04. The lowest BCUT2D eigenvalue weighted by Gasteiger charge is -2.46. The molecule has 12 heavy (non-hydrogen) atoms. The van der Waals surface area contributed by atoms with E-state index in [2.05, 4.69) is 5.32 Å². The van der Waals surface area contributed by atoms with Gasteiger partial charge in [-0.1, -0.05) is 6.92 Å². The Labute approximate surface area is 72.6 Å². The molecule has 4 nitrogen and oxygen atoms in total. The average molecular weight is 172 g/mol. The molecule has 0 aromatic rings. The van der Waals surface area contributed by atoms with E-state index in [1.54, 1.807) is 14.0 Å². The van der Waals surface area contributed by atoms with Crippen molar-refractivity contribution in [2.75, 3.05) is 7.05 Å². The molecule has 70 valence electrons. The second kappa shape index (κ2) is 2.62. The van der Waals surface area contributed by atoms with Gasteiger partial charge in [0.25, 0.3) is 0 Å². The second-order valence-corrected chi connectivity index (χ2v) is 3.68. The summed E-state index contributed by atoms with van der Waals surface area (Å²) in [4.78, 5) is 12.6. The maximum Gasteiger partial charge on any atom is 0.319 e. The van der Waals surface area contributed by atoms with Crippen molar-refractivity contribution in [3.8, 4) is 0 Å². The van der Waals surface area contributed by atoms with Gasteiger partial charge >= 0.3 is 6.03 Å². The number of aliphatic hydroxyl groups is 1. The molecule has 1 aliphatic rings. The van der Waals surface area contributed by atoms with Gasteiger partial charge in [0.05, 0.1) is 0 Å². The highest BCUT2D eigenvalue weighted by molar-refractivity contribution is 5.75. The summed E-state index contributed by atoms with van der Waals surface area (Å²) < 4.78 is 0. The van der Waals surface area contributed by atoms with Crippen LogP contribution in [0.25, 0.3) is 0 Å². The van der Waals surface area contributed by atoms with Crippen LogP contribution < -0.4 is 5.32 Å². The average Bonchev–Trinajstić information content (AvgIpc) is 1.99. The zero-order valence-corrected chi connectivity index (χ0v) is 7.96. The summed E-state index contributed by atoms with van der Waals surface area (Å²) in [5, 5.41) is 12.7. The van der Waals surface area contributed by atoms with Crippen LogP contribution in [-0.4, -0.2) is 34.9 Å². The van der Waals surface area contributed by atoms with Crippen molar-refractivity contribution in [1.82, 2.24) is 10.2 Å². The molecule has 1 heterocycles. The van der Waals surface area contributed by atoms with Crippen molar-refractivity contribution in [2.45, 2.75) is 32.5 Å². The van der Waals surface area contributed by atoms with Gasteiger partial charge in [0, 0.05) is 19.0 Å². The molecule has 2 N–H and O–H groups in total. The van der Waals surface area contributed by atoms with E-state index in [4.69, 9.17) is 0 Å². The Morgan fingerprint density at radius 1 is 1.58 bits per heavy atom. The van der Waals surface area contributed by atoms with Crippen LogP contribution >= 0.6 is 0 Å². The molecular formula is C8H16N2O2. The molecule has 2 amide bonds. The lowest BCUT2D eigenvalue weighted by Crippen LogP contribution is -2.65. The van der Waals surface area contributed by atoms with E-state index in [1.165, 1.54) is 4.90 Å². The van der Waals surface area contributed by atoms with Gasteiger partial charge < -0.3 is 10.4 Å². The summed E-state index contributed by atoms with van der Waals surface area (Å²) in [7, 11) is 1.59. The second-order valence-electron chi connectivity index (χ2n) is 3.68. The molecule has 3 atom stereocenters. The lowest BCUT2D eigenvalue weighted by molar-refractivity contribution is -0.117. The minimum absolute atomic E-state index is 0.0173. The molecule has 0 bridgehead atoms. The Morgan fingerprint density at radius 3 is 2.58 bits per heavy atom. The maximum atomic E-state index is 11.2. The van der Waals surface area contributed by atoms with Gasteiger partial charge in [0.2, 0.25) is 0 Å². The van der Waals surface area contributed by atoms with Crippen LogP contribution in [0.4, 0.5) is 4.79 Å². The van der Waals surface area contributed by atoms with Gasteiger partial charge in [-0.15, -0.1) is 0 Å². The Bertz CT molecular complexity index is 203. The van der Waals surface area contributed by atoms with Crippen LogP contribution in [0.3, 0.4) is 0 Å². The van der Waals surface area contributed by atoms with E-state index >= 15 is 0 Å². The molecular weight excluding hydrogens is 156 g/mol. The summed E-state index contributed by atoms with van der Waals surface area (Å²) in [5.41, 5.74) is -1.04. The van der Waals surface area contributed by atoms with Gasteiger partial charge in [0.1, 0.15) is 5.72 Å². The highest BCUT2D eigenvalue weighted by atomic mass is 16.3. The minimum atomic E-state index is -1.04. The van der Waals surface area contributed by atoms with Crippen molar-refractivity contribution in [3.05, 3.63) is 0 Å². The fourth-order valence-electron chi connectivity index (χ4n) is 1.40. The summed E-state index contributed by atoms with van der Waals surface area (Å²) in [6, 6.07) is -0.200. The normalized spacial score (nSPS) is 42.8. The third-order valence-corrected chi connectivity index (χ3v) is 2.95. The van der Waals surface area contributed by atoms with Crippen molar-refractivity contribution >= 4 is 6.03 Å².